The van der Waals surface area contributed by atoms with E-state index in [1.807, 2.05) is 0 Å². The molecule has 0 bridgehead atoms. The molecule has 0 aliphatic carbocycles. The van der Waals surface area contributed by atoms with Crippen molar-refractivity contribution in [3.63, 3.8) is 0 Å². The predicted octanol–water partition coefficient (Wildman–Crippen LogP) is 4.12. The van der Waals surface area contributed by atoms with Crippen molar-refractivity contribution in [2.24, 2.45) is 5.92 Å². The summed E-state index contributed by atoms with van der Waals surface area (Å²) in [6.45, 7) is 0.801. The van der Waals surface area contributed by atoms with Crippen molar-refractivity contribution in [2.45, 2.75) is 12.8 Å². The fraction of sp³-hybridized carbons (Fsp3) is 0.185. The third kappa shape index (κ3) is 4.30. The summed E-state index contributed by atoms with van der Waals surface area (Å²) < 4.78 is 13.1. The Morgan fingerprint density at radius 3 is 2.09 bits per heavy atom. The van der Waals surface area contributed by atoms with Gasteiger partial charge in [0.15, 0.2) is 0 Å². The average molecular weight is 471 g/mol. The zero-order valence-electron chi connectivity index (χ0n) is 18.7. The lowest BCUT2D eigenvalue weighted by Gasteiger charge is -2.31. The SMILES string of the molecule is O=C(Nc1ccc(F)cc1)C1CCN(C(=O)c2cccc(N3C(=O)c4ccccc4C3=O)c2)CC1. The van der Waals surface area contributed by atoms with Gasteiger partial charge in [-0.05, 0) is 67.4 Å². The van der Waals surface area contributed by atoms with E-state index in [-0.39, 0.29) is 23.5 Å². The molecule has 2 aliphatic heterocycles. The van der Waals surface area contributed by atoms with Crippen LogP contribution in [0.15, 0.2) is 72.8 Å². The highest BCUT2D eigenvalue weighted by molar-refractivity contribution is 6.34. The zero-order valence-corrected chi connectivity index (χ0v) is 18.7. The lowest BCUT2D eigenvalue weighted by molar-refractivity contribution is -0.121. The Morgan fingerprint density at radius 2 is 1.46 bits per heavy atom. The number of fused-ring (bicyclic) bond motifs is 1. The molecule has 4 amide bonds. The lowest BCUT2D eigenvalue weighted by Crippen LogP contribution is -2.41. The predicted molar refractivity (Wildman–Crippen MR) is 128 cm³/mol. The van der Waals surface area contributed by atoms with Crippen LogP contribution in [-0.4, -0.2) is 41.6 Å². The zero-order chi connectivity index (χ0) is 24.5. The summed E-state index contributed by atoms with van der Waals surface area (Å²) in [7, 11) is 0. The fourth-order valence-electron chi connectivity index (χ4n) is 4.51. The highest BCUT2D eigenvalue weighted by atomic mass is 19.1. The smallest absolute Gasteiger partial charge is 0.266 e. The molecule has 35 heavy (non-hydrogen) atoms. The molecule has 2 aliphatic rings. The number of imide groups is 1. The van der Waals surface area contributed by atoms with Gasteiger partial charge >= 0.3 is 0 Å². The first-order valence-corrected chi connectivity index (χ1v) is 11.4. The van der Waals surface area contributed by atoms with Gasteiger partial charge in [-0.1, -0.05) is 18.2 Å². The highest BCUT2D eigenvalue weighted by Crippen LogP contribution is 2.29. The second-order valence-corrected chi connectivity index (χ2v) is 8.60. The summed E-state index contributed by atoms with van der Waals surface area (Å²) in [5, 5.41) is 2.79. The van der Waals surface area contributed by atoms with E-state index in [1.54, 1.807) is 53.4 Å². The number of carbonyl (C=O) groups is 4. The maximum absolute atomic E-state index is 13.1. The van der Waals surface area contributed by atoms with Gasteiger partial charge in [-0.3, -0.25) is 19.2 Å². The number of benzene rings is 3. The van der Waals surface area contributed by atoms with E-state index in [1.165, 1.54) is 24.3 Å². The molecule has 0 spiro atoms. The first kappa shape index (κ1) is 22.5. The Morgan fingerprint density at radius 1 is 0.829 bits per heavy atom. The molecule has 5 rings (SSSR count). The molecular formula is C27H22FN3O4. The minimum atomic E-state index is -0.414. The molecule has 0 aromatic heterocycles. The number of hydrogen-bond acceptors (Lipinski definition) is 4. The molecule has 0 radical (unpaired) electrons. The molecule has 1 saturated heterocycles. The maximum atomic E-state index is 13.1. The third-order valence-corrected chi connectivity index (χ3v) is 6.41. The van der Waals surface area contributed by atoms with E-state index in [0.717, 1.165) is 4.90 Å². The minimum Gasteiger partial charge on any atom is -0.339 e. The number of likely N-dealkylation sites (tertiary alicyclic amines) is 1. The summed E-state index contributed by atoms with van der Waals surface area (Å²) in [6.07, 6.45) is 0.994. The first-order chi connectivity index (χ1) is 16.9. The lowest BCUT2D eigenvalue weighted by atomic mass is 9.95. The van der Waals surface area contributed by atoms with Gasteiger partial charge < -0.3 is 10.2 Å². The van der Waals surface area contributed by atoms with Gasteiger partial charge in [0.25, 0.3) is 17.7 Å². The molecule has 1 N–H and O–H groups in total. The van der Waals surface area contributed by atoms with Crippen LogP contribution in [0.25, 0.3) is 0 Å². The molecule has 0 saturated carbocycles. The van der Waals surface area contributed by atoms with Gasteiger partial charge in [0.1, 0.15) is 5.82 Å². The molecule has 3 aromatic rings. The van der Waals surface area contributed by atoms with Crippen LogP contribution in [0.4, 0.5) is 15.8 Å². The van der Waals surface area contributed by atoms with Crippen molar-refractivity contribution in [3.8, 4) is 0 Å². The van der Waals surface area contributed by atoms with Crippen LogP contribution < -0.4 is 10.2 Å². The maximum Gasteiger partial charge on any atom is 0.266 e. The van der Waals surface area contributed by atoms with Crippen LogP contribution in [0.3, 0.4) is 0 Å². The average Bonchev–Trinajstić information content (AvgIpc) is 3.15. The number of nitrogens with one attached hydrogen (secondary N) is 1. The Kier molecular flexibility index (Phi) is 5.86. The van der Waals surface area contributed by atoms with E-state index < -0.39 is 11.8 Å². The van der Waals surface area contributed by atoms with Gasteiger partial charge in [0.2, 0.25) is 5.91 Å². The summed E-state index contributed by atoms with van der Waals surface area (Å²) in [6, 6.07) is 18.7. The molecular weight excluding hydrogens is 449 g/mol. The number of halogens is 1. The van der Waals surface area contributed by atoms with E-state index >= 15 is 0 Å². The van der Waals surface area contributed by atoms with Gasteiger partial charge in [-0.15, -0.1) is 0 Å². The molecule has 2 heterocycles. The van der Waals surface area contributed by atoms with Crippen molar-refractivity contribution in [1.29, 1.82) is 0 Å². The van der Waals surface area contributed by atoms with Crippen molar-refractivity contribution in [1.82, 2.24) is 4.90 Å². The summed E-state index contributed by atoms with van der Waals surface area (Å²) in [5.74, 6) is -1.83. The number of hydrogen-bond donors (Lipinski definition) is 1. The van der Waals surface area contributed by atoms with Crippen LogP contribution in [0.1, 0.15) is 43.9 Å². The number of piperidine rings is 1. The molecule has 1 fully saturated rings. The number of anilines is 2. The third-order valence-electron chi connectivity index (χ3n) is 6.41. The largest absolute Gasteiger partial charge is 0.339 e. The Balaban J connectivity index is 1.24. The highest BCUT2D eigenvalue weighted by Gasteiger charge is 2.36. The van der Waals surface area contributed by atoms with Crippen LogP contribution in [0.5, 0.6) is 0 Å². The van der Waals surface area contributed by atoms with Crippen LogP contribution >= 0.6 is 0 Å². The van der Waals surface area contributed by atoms with Gasteiger partial charge in [-0.2, -0.15) is 0 Å². The standard InChI is InChI=1S/C27H22FN3O4/c28-19-8-10-20(11-9-19)29-24(32)17-12-14-30(15-13-17)25(33)18-4-3-5-21(16-18)31-26(34)22-6-1-2-7-23(22)27(31)35/h1-11,16-17H,12-15H2,(H,29,32). The molecule has 0 atom stereocenters. The summed E-state index contributed by atoms with van der Waals surface area (Å²) >= 11 is 0. The molecule has 8 heteroatoms. The normalized spacial score (nSPS) is 15.8. The van der Waals surface area contributed by atoms with Crippen molar-refractivity contribution in [2.75, 3.05) is 23.3 Å². The topological polar surface area (TPSA) is 86.8 Å². The second-order valence-electron chi connectivity index (χ2n) is 8.60. The van der Waals surface area contributed by atoms with E-state index in [0.29, 0.717) is 54.0 Å². The first-order valence-electron chi connectivity index (χ1n) is 11.4. The second kappa shape index (κ2) is 9.13. The van der Waals surface area contributed by atoms with E-state index in [2.05, 4.69) is 5.32 Å². The van der Waals surface area contributed by atoms with Gasteiger partial charge in [-0.25, -0.2) is 9.29 Å². The Labute approximate surface area is 201 Å². The fourth-order valence-corrected chi connectivity index (χ4v) is 4.51. The van der Waals surface area contributed by atoms with E-state index in [9.17, 15) is 23.6 Å². The Bertz CT molecular complexity index is 1300. The van der Waals surface area contributed by atoms with Crippen molar-refractivity contribution in [3.05, 3.63) is 95.3 Å². The Hall–Kier alpha value is -4.33. The molecule has 3 aromatic carbocycles. The summed E-state index contributed by atoms with van der Waals surface area (Å²) in [4.78, 5) is 54.1. The van der Waals surface area contributed by atoms with Crippen LogP contribution in [0.2, 0.25) is 0 Å². The minimum absolute atomic E-state index is 0.156. The monoisotopic (exact) mass is 471 g/mol. The molecule has 0 unspecified atom stereocenters. The number of rotatable bonds is 4. The van der Waals surface area contributed by atoms with E-state index in [4.69, 9.17) is 0 Å². The van der Waals surface area contributed by atoms with Crippen molar-refractivity contribution >= 4 is 35.0 Å². The summed E-state index contributed by atoms with van der Waals surface area (Å²) in [5.41, 5.74) is 1.93. The number of amides is 4. The quantitative estimate of drug-likeness (QED) is 0.580. The number of carbonyl (C=O) groups excluding carboxylic acids is 4. The number of nitrogens with zero attached hydrogens (tertiary/aromatic N) is 2. The van der Waals surface area contributed by atoms with Gasteiger partial charge in [0.05, 0.1) is 16.8 Å². The van der Waals surface area contributed by atoms with Crippen LogP contribution in [0, 0.1) is 11.7 Å². The molecule has 176 valence electrons. The van der Waals surface area contributed by atoms with Gasteiger partial charge in [0, 0.05) is 30.3 Å². The van der Waals surface area contributed by atoms with Crippen molar-refractivity contribution < 1.29 is 23.6 Å². The van der Waals surface area contributed by atoms with Crippen LogP contribution in [-0.2, 0) is 4.79 Å². The molecule has 7 nitrogen and oxygen atoms in total.